The molecule has 0 spiro atoms. The molecule has 3 unspecified atom stereocenters. The van der Waals surface area contributed by atoms with Crippen LogP contribution < -0.4 is 15.8 Å². The zero-order chi connectivity index (χ0) is 15.7. The van der Waals surface area contributed by atoms with Crippen LogP contribution in [-0.2, 0) is 0 Å². The fourth-order valence-corrected chi connectivity index (χ4v) is 3.28. The van der Waals surface area contributed by atoms with E-state index in [2.05, 4.69) is 29.4 Å². The van der Waals surface area contributed by atoms with Gasteiger partial charge in [-0.2, -0.15) is 0 Å². The van der Waals surface area contributed by atoms with Gasteiger partial charge in [-0.3, -0.25) is 4.79 Å². The number of amides is 1. The molecule has 0 aliphatic heterocycles. The number of nitrogens with zero attached hydrogens (tertiary/aromatic N) is 1. The smallest absolute Gasteiger partial charge is 0.250 e. The van der Waals surface area contributed by atoms with Gasteiger partial charge < -0.3 is 15.8 Å². The molecule has 3 atom stereocenters. The van der Waals surface area contributed by atoms with Gasteiger partial charge in [-0.1, -0.05) is 18.6 Å². The summed E-state index contributed by atoms with van der Waals surface area (Å²) < 4.78 is 5.97. The Bertz CT molecular complexity index is 634. The number of likely N-dealkylation sites (N-methyl/N-ethyl adjacent to an activating group) is 1. The lowest BCUT2D eigenvalue weighted by Gasteiger charge is -2.27. The van der Waals surface area contributed by atoms with Crippen LogP contribution in [0.2, 0.25) is 0 Å². The van der Waals surface area contributed by atoms with Crippen LogP contribution in [0.4, 0.5) is 0 Å². The third-order valence-electron chi connectivity index (χ3n) is 4.58. The maximum Gasteiger partial charge on any atom is 0.250 e. The van der Waals surface area contributed by atoms with Crippen molar-refractivity contribution in [2.24, 2.45) is 11.7 Å². The summed E-state index contributed by atoms with van der Waals surface area (Å²) >= 11 is 0. The summed E-state index contributed by atoms with van der Waals surface area (Å²) in [4.78, 5) is 15.2. The lowest BCUT2D eigenvalue weighted by molar-refractivity contribution is 0.1000. The second kappa shape index (κ2) is 5.93. The van der Waals surface area contributed by atoms with Crippen LogP contribution in [0.15, 0.2) is 41.6 Å². The number of pyridine rings is 1. The highest BCUT2D eigenvalue weighted by molar-refractivity contribution is 5.92. The Morgan fingerprint density at radius 3 is 2.91 bits per heavy atom. The van der Waals surface area contributed by atoms with Gasteiger partial charge in [0.25, 0.3) is 0 Å². The highest BCUT2D eigenvalue weighted by Gasteiger charge is 2.33. The first-order valence-corrected chi connectivity index (χ1v) is 7.61. The van der Waals surface area contributed by atoms with Crippen molar-refractivity contribution < 1.29 is 9.53 Å². The summed E-state index contributed by atoms with van der Waals surface area (Å²) in [6.07, 6.45) is 7.95. The minimum absolute atomic E-state index is 0.0266. The maximum atomic E-state index is 11.1. The first-order valence-electron chi connectivity index (χ1n) is 7.61. The number of primary amides is 1. The molecule has 3 rings (SSSR count). The number of aromatic nitrogens is 1. The summed E-state index contributed by atoms with van der Waals surface area (Å²) in [5, 5.41) is 3.36. The van der Waals surface area contributed by atoms with Crippen molar-refractivity contribution in [1.82, 2.24) is 10.3 Å². The van der Waals surface area contributed by atoms with Gasteiger partial charge in [0.1, 0.15) is 6.10 Å². The van der Waals surface area contributed by atoms with Gasteiger partial charge in [0, 0.05) is 24.2 Å². The molecule has 1 amide bonds. The van der Waals surface area contributed by atoms with Crippen LogP contribution in [0.25, 0.3) is 0 Å². The van der Waals surface area contributed by atoms with Gasteiger partial charge in [-0.15, -0.1) is 0 Å². The predicted octanol–water partition coefficient (Wildman–Crippen LogP) is 1.81. The lowest BCUT2D eigenvalue weighted by atomic mass is 9.87. The highest BCUT2D eigenvalue weighted by atomic mass is 16.5. The van der Waals surface area contributed by atoms with E-state index in [9.17, 15) is 4.79 Å². The molecule has 1 aromatic heterocycles. The van der Waals surface area contributed by atoms with Gasteiger partial charge in [0.2, 0.25) is 11.8 Å². The summed E-state index contributed by atoms with van der Waals surface area (Å²) in [6, 6.07) is 3.79. The van der Waals surface area contributed by atoms with Crippen LogP contribution in [0.1, 0.15) is 30.1 Å². The normalized spacial score (nSPS) is 26.9. The number of nitrogens with one attached hydrogen (secondary N) is 1. The van der Waals surface area contributed by atoms with Gasteiger partial charge in [0.15, 0.2) is 0 Å². The second-order valence-corrected chi connectivity index (χ2v) is 5.84. The zero-order valence-electron chi connectivity index (χ0n) is 12.9. The molecule has 0 aromatic carbocycles. The van der Waals surface area contributed by atoms with Crippen LogP contribution >= 0.6 is 0 Å². The Labute approximate surface area is 130 Å². The van der Waals surface area contributed by atoms with E-state index in [4.69, 9.17) is 10.5 Å². The molecule has 1 aromatic rings. The molecule has 2 aliphatic carbocycles. The average molecular weight is 299 g/mol. The van der Waals surface area contributed by atoms with Gasteiger partial charge in [-0.25, -0.2) is 4.98 Å². The number of nitrogens with two attached hydrogens (primary N) is 1. The number of rotatable bonds is 4. The van der Waals surface area contributed by atoms with Crippen molar-refractivity contribution in [2.75, 3.05) is 7.05 Å². The van der Waals surface area contributed by atoms with Crippen molar-refractivity contribution in [1.29, 1.82) is 0 Å². The second-order valence-electron chi connectivity index (χ2n) is 5.84. The molecule has 5 heteroatoms. The molecule has 0 bridgehead atoms. The van der Waals surface area contributed by atoms with Gasteiger partial charge in [0.05, 0.1) is 5.56 Å². The Morgan fingerprint density at radius 2 is 2.27 bits per heavy atom. The average Bonchev–Trinajstić information content (AvgIpc) is 2.94. The SMILES string of the molecule is CNC1CCC2=C1C=CC(Oc1ccc(C(N)=O)cn1)C2C. The summed E-state index contributed by atoms with van der Waals surface area (Å²) in [6.45, 7) is 2.19. The van der Waals surface area contributed by atoms with Crippen LogP contribution in [0.3, 0.4) is 0 Å². The lowest BCUT2D eigenvalue weighted by Crippen LogP contribution is -2.29. The predicted molar refractivity (Wildman–Crippen MR) is 84.6 cm³/mol. The standard InChI is InChI=1S/C17H21N3O2/c1-10-12-4-6-14(19-2)13(12)5-7-15(10)22-16-8-3-11(9-20-16)17(18)21/h3,5,7-10,14-15,19H,4,6H2,1-2H3,(H2,18,21). The number of hydrogen-bond donors (Lipinski definition) is 2. The van der Waals surface area contributed by atoms with Crippen LogP contribution in [0.5, 0.6) is 5.88 Å². The molecule has 0 saturated heterocycles. The van der Waals surface area contributed by atoms with Crippen molar-refractivity contribution in [2.45, 2.75) is 31.9 Å². The first-order chi connectivity index (χ1) is 10.6. The monoisotopic (exact) mass is 299 g/mol. The molecule has 116 valence electrons. The minimum Gasteiger partial charge on any atom is -0.469 e. The van der Waals surface area contributed by atoms with E-state index in [1.165, 1.54) is 17.3 Å². The molecule has 3 N–H and O–H groups in total. The van der Waals surface area contributed by atoms with Crippen molar-refractivity contribution in [3.05, 3.63) is 47.2 Å². The Hall–Kier alpha value is -2.14. The molecule has 5 nitrogen and oxygen atoms in total. The molecule has 22 heavy (non-hydrogen) atoms. The molecular weight excluding hydrogens is 278 g/mol. The van der Waals surface area contributed by atoms with Crippen LogP contribution in [-0.4, -0.2) is 30.1 Å². The molecular formula is C17H21N3O2. The van der Waals surface area contributed by atoms with E-state index >= 15 is 0 Å². The Balaban J connectivity index is 1.72. The molecule has 0 radical (unpaired) electrons. The fourth-order valence-electron chi connectivity index (χ4n) is 3.28. The van der Waals surface area contributed by atoms with Crippen molar-refractivity contribution in [3.8, 4) is 5.88 Å². The van der Waals surface area contributed by atoms with Gasteiger partial charge >= 0.3 is 0 Å². The summed E-state index contributed by atoms with van der Waals surface area (Å²) in [5.41, 5.74) is 8.48. The summed E-state index contributed by atoms with van der Waals surface area (Å²) in [5.74, 6) is 0.360. The number of ether oxygens (including phenoxy) is 1. The third kappa shape index (κ3) is 2.64. The fraction of sp³-hybridized carbons (Fsp3) is 0.412. The zero-order valence-corrected chi connectivity index (χ0v) is 12.9. The quantitative estimate of drug-likeness (QED) is 0.889. The van der Waals surface area contributed by atoms with E-state index in [0.717, 1.165) is 12.8 Å². The first kappa shape index (κ1) is 14.8. The van der Waals surface area contributed by atoms with E-state index < -0.39 is 5.91 Å². The number of carbonyl (C=O) groups excluding carboxylic acids is 1. The third-order valence-corrected chi connectivity index (χ3v) is 4.58. The summed E-state index contributed by atoms with van der Waals surface area (Å²) in [7, 11) is 2.01. The molecule has 0 fully saturated rings. The highest BCUT2D eigenvalue weighted by Crippen LogP contribution is 2.38. The van der Waals surface area contributed by atoms with E-state index in [1.54, 1.807) is 12.1 Å². The Morgan fingerprint density at radius 1 is 1.45 bits per heavy atom. The molecule has 1 heterocycles. The minimum atomic E-state index is -0.483. The van der Waals surface area contributed by atoms with E-state index in [1.807, 2.05) is 7.05 Å². The van der Waals surface area contributed by atoms with Crippen molar-refractivity contribution >= 4 is 5.91 Å². The largest absolute Gasteiger partial charge is 0.469 e. The number of carbonyl (C=O) groups is 1. The maximum absolute atomic E-state index is 11.1. The van der Waals surface area contributed by atoms with Gasteiger partial charge in [-0.05, 0) is 37.6 Å². The number of hydrogen-bond acceptors (Lipinski definition) is 4. The van der Waals surface area contributed by atoms with E-state index in [-0.39, 0.29) is 6.10 Å². The van der Waals surface area contributed by atoms with E-state index in [0.29, 0.717) is 23.4 Å². The topological polar surface area (TPSA) is 77.2 Å². The molecule has 2 aliphatic rings. The Kier molecular flexibility index (Phi) is 3.98. The van der Waals surface area contributed by atoms with Crippen LogP contribution in [0, 0.1) is 5.92 Å². The van der Waals surface area contributed by atoms with Crippen molar-refractivity contribution in [3.63, 3.8) is 0 Å². The molecule has 0 saturated carbocycles.